The Morgan fingerprint density at radius 3 is 2.22 bits per heavy atom. The van der Waals surface area contributed by atoms with Gasteiger partial charge >= 0.3 is 0 Å². The summed E-state index contributed by atoms with van der Waals surface area (Å²) < 4.78 is 0. The van der Waals surface area contributed by atoms with Crippen molar-refractivity contribution < 1.29 is 0 Å². The first-order chi connectivity index (χ1) is 8.66. The van der Waals surface area contributed by atoms with E-state index in [0.29, 0.717) is 5.41 Å². The third-order valence-corrected chi connectivity index (χ3v) is 6.57. The number of rotatable bonds is 6. The zero-order valence-corrected chi connectivity index (χ0v) is 12.8. The number of hydrogen-bond donors (Lipinski definition) is 0. The third-order valence-electron chi connectivity index (χ3n) is 6.57. The molecule has 3 fully saturated rings. The van der Waals surface area contributed by atoms with Gasteiger partial charge in [-0.3, -0.25) is 4.90 Å². The predicted molar refractivity (Wildman–Crippen MR) is 77.6 cm³/mol. The van der Waals surface area contributed by atoms with Crippen LogP contribution in [0.4, 0.5) is 0 Å². The maximum absolute atomic E-state index is 2.87. The van der Waals surface area contributed by atoms with Gasteiger partial charge in [0.15, 0.2) is 0 Å². The minimum absolute atomic E-state index is 0.632. The van der Waals surface area contributed by atoms with Crippen molar-refractivity contribution in [2.24, 2.45) is 23.2 Å². The van der Waals surface area contributed by atoms with Gasteiger partial charge in [-0.1, -0.05) is 34.1 Å². The molecule has 18 heavy (non-hydrogen) atoms. The summed E-state index contributed by atoms with van der Waals surface area (Å²) in [5, 5.41) is 0. The van der Waals surface area contributed by atoms with E-state index >= 15 is 0 Å². The van der Waals surface area contributed by atoms with Crippen LogP contribution >= 0.6 is 0 Å². The number of hydrogen-bond acceptors (Lipinski definition) is 1. The lowest BCUT2D eigenvalue weighted by Gasteiger charge is -2.43. The Morgan fingerprint density at radius 2 is 1.72 bits per heavy atom. The van der Waals surface area contributed by atoms with E-state index in [1.54, 1.807) is 0 Å². The van der Waals surface area contributed by atoms with Crippen molar-refractivity contribution in [3.05, 3.63) is 0 Å². The van der Waals surface area contributed by atoms with Gasteiger partial charge in [0.05, 0.1) is 0 Å². The van der Waals surface area contributed by atoms with Gasteiger partial charge in [0.1, 0.15) is 0 Å². The van der Waals surface area contributed by atoms with Gasteiger partial charge in [-0.05, 0) is 55.3 Å². The molecule has 2 heterocycles. The van der Waals surface area contributed by atoms with Crippen molar-refractivity contribution in [1.29, 1.82) is 0 Å². The molecule has 1 nitrogen and oxygen atoms in total. The van der Waals surface area contributed by atoms with Crippen LogP contribution in [0.3, 0.4) is 0 Å². The molecule has 3 aliphatic rings. The van der Waals surface area contributed by atoms with Crippen molar-refractivity contribution in [3.63, 3.8) is 0 Å². The highest BCUT2D eigenvalue weighted by molar-refractivity contribution is 5.14. The van der Waals surface area contributed by atoms with E-state index in [1.807, 2.05) is 0 Å². The molecule has 0 radical (unpaired) electrons. The van der Waals surface area contributed by atoms with Gasteiger partial charge in [0, 0.05) is 18.6 Å². The van der Waals surface area contributed by atoms with Crippen LogP contribution < -0.4 is 0 Å². The minimum Gasteiger partial charge on any atom is -0.294 e. The van der Waals surface area contributed by atoms with Crippen LogP contribution in [0.15, 0.2) is 0 Å². The van der Waals surface area contributed by atoms with Gasteiger partial charge in [-0.25, -0.2) is 0 Å². The summed E-state index contributed by atoms with van der Waals surface area (Å²) in [5.41, 5.74) is 0.632. The topological polar surface area (TPSA) is 3.01 Å². The molecule has 2 saturated heterocycles. The Balaban J connectivity index is 1.82. The maximum atomic E-state index is 2.87. The molecule has 1 saturated carbocycles. The lowest BCUT2D eigenvalue weighted by atomic mass is 9.67. The Kier molecular flexibility index (Phi) is 3.25. The average molecular weight is 249 g/mol. The molecule has 6 unspecified atom stereocenters. The summed E-state index contributed by atoms with van der Waals surface area (Å²) in [6, 6.07) is 1.93. The molecule has 3 rings (SSSR count). The quantitative estimate of drug-likeness (QED) is 0.633. The van der Waals surface area contributed by atoms with Crippen molar-refractivity contribution in [3.8, 4) is 0 Å². The van der Waals surface area contributed by atoms with Gasteiger partial charge in [-0.15, -0.1) is 0 Å². The Bertz CT molecular complexity index is 307. The molecule has 104 valence electrons. The first kappa shape index (κ1) is 13.0. The fourth-order valence-electron chi connectivity index (χ4n) is 5.27. The molecular weight excluding hydrogens is 218 g/mol. The first-order valence-corrected chi connectivity index (χ1v) is 8.42. The van der Waals surface area contributed by atoms with Gasteiger partial charge in [-0.2, -0.15) is 0 Å². The van der Waals surface area contributed by atoms with Crippen LogP contribution in [0.25, 0.3) is 0 Å². The summed E-state index contributed by atoms with van der Waals surface area (Å²) in [4.78, 5) is 2.87. The van der Waals surface area contributed by atoms with E-state index < -0.39 is 0 Å². The van der Waals surface area contributed by atoms with Gasteiger partial charge < -0.3 is 0 Å². The summed E-state index contributed by atoms with van der Waals surface area (Å²) in [6.07, 6.45) is 8.66. The fourth-order valence-corrected chi connectivity index (χ4v) is 5.27. The second-order valence-electron chi connectivity index (χ2n) is 7.39. The SMILES string of the molecule is CCCC(CC)(CC)C1C(C2CC2C)CC2CN21. The van der Waals surface area contributed by atoms with Crippen molar-refractivity contribution >= 4 is 0 Å². The smallest absolute Gasteiger partial charge is 0.0230 e. The summed E-state index contributed by atoms with van der Waals surface area (Å²) >= 11 is 0. The molecule has 0 aromatic rings. The molecule has 2 aliphatic heterocycles. The van der Waals surface area contributed by atoms with Gasteiger partial charge in [0.25, 0.3) is 0 Å². The highest BCUT2D eigenvalue weighted by Crippen LogP contribution is 2.59. The van der Waals surface area contributed by atoms with Crippen molar-refractivity contribution in [2.75, 3.05) is 6.54 Å². The highest BCUT2D eigenvalue weighted by atomic mass is 15.4. The molecule has 1 heteroatoms. The summed E-state index contributed by atoms with van der Waals surface area (Å²) in [6.45, 7) is 11.2. The van der Waals surface area contributed by atoms with Crippen LogP contribution in [0.2, 0.25) is 0 Å². The lowest BCUT2D eigenvalue weighted by Crippen LogP contribution is -2.43. The van der Waals surface area contributed by atoms with Crippen LogP contribution in [-0.2, 0) is 0 Å². The number of piperidine rings is 1. The van der Waals surface area contributed by atoms with Crippen molar-refractivity contribution in [2.45, 2.75) is 78.3 Å². The van der Waals surface area contributed by atoms with E-state index in [0.717, 1.165) is 29.8 Å². The van der Waals surface area contributed by atoms with Crippen LogP contribution in [-0.4, -0.2) is 23.5 Å². The zero-order valence-electron chi connectivity index (χ0n) is 12.8. The Morgan fingerprint density at radius 1 is 1.06 bits per heavy atom. The Hall–Kier alpha value is -0.0400. The lowest BCUT2D eigenvalue weighted by molar-refractivity contribution is 0.0784. The summed E-state index contributed by atoms with van der Waals surface area (Å²) in [5.74, 6) is 3.16. The predicted octanol–water partition coefficient (Wildman–Crippen LogP) is 4.32. The van der Waals surface area contributed by atoms with Crippen LogP contribution in [0.5, 0.6) is 0 Å². The minimum atomic E-state index is 0.632. The zero-order chi connectivity index (χ0) is 12.9. The molecule has 0 bridgehead atoms. The third kappa shape index (κ3) is 1.85. The molecule has 1 aliphatic carbocycles. The number of fused-ring (bicyclic) bond motifs is 1. The van der Waals surface area contributed by atoms with E-state index in [4.69, 9.17) is 0 Å². The molecule has 0 amide bonds. The summed E-state index contributed by atoms with van der Waals surface area (Å²) in [7, 11) is 0. The maximum Gasteiger partial charge on any atom is 0.0230 e. The molecular formula is C17H31N. The van der Waals surface area contributed by atoms with Crippen LogP contribution in [0, 0.1) is 23.2 Å². The van der Waals surface area contributed by atoms with E-state index in [2.05, 4.69) is 32.6 Å². The molecule has 0 N–H and O–H groups in total. The largest absolute Gasteiger partial charge is 0.294 e. The van der Waals surface area contributed by atoms with E-state index in [-0.39, 0.29) is 0 Å². The normalized spacial score (nSPS) is 46.0. The van der Waals surface area contributed by atoms with E-state index in [9.17, 15) is 0 Å². The van der Waals surface area contributed by atoms with Crippen molar-refractivity contribution in [1.82, 2.24) is 4.90 Å². The number of nitrogens with zero attached hydrogens (tertiary/aromatic N) is 1. The van der Waals surface area contributed by atoms with E-state index in [1.165, 1.54) is 45.1 Å². The molecule has 0 aromatic heterocycles. The Labute approximate surface area is 113 Å². The molecule has 0 spiro atoms. The standard InChI is InChI=1S/C17H31N/c1-5-8-17(6-2,7-3)16-15(14-9-12(14)4)10-13-11-18(13)16/h12-16H,5-11H2,1-4H3. The molecule has 6 atom stereocenters. The highest BCUT2D eigenvalue weighted by Gasteiger charge is 2.61. The second-order valence-corrected chi connectivity index (χ2v) is 7.39. The average Bonchev–Trinajstić information content (AvgIpc) is 3.26. The van der Waals surface area contributed by atoms with Gasteiger partial charge in [0.2, 0.25) is 0 Å². The van der Waals surface area contributed by atoms with Crippen LogP contribution in [0.1, 0.15) is 66.2 Å². The fraction of sp³-hybridized carbons (Fsp3) is 1.00. The second kappa shape index (κ2) is 4.51. The molecule has 0 aromatic carbocycles. The monoisotopic (exact) mass is 249 g/mol. The first-order valence-electron chi connectivity index (χ1n) is 8.42.